The fraction of sp³-hybridized carbons (Fsp3) is 0.278. The van der Waals surface area contributed by atoms with Crippen molar-refractivity contribution in [3.63, 3.8) is 0 Å². The Bertz CT molecular complexity index is 818. The number of methoxy groups -OCH3 is 2. The molecule has 1 unspecified atom stereocenters. The average molecular weight is 351 g/mol. The Balaban J connectivity index is 2.23. The lowest BCUT2D eigenvalue weighted by molar-refractivity contribution is -0.138. The summed E-state index contributed by atoms with van der Waals surface area (Å²) >= 11 is 0. The normalized spacial score (nSPS) is 16.8. The van der Waals surface area contributed by atoms with E-state index in [4.69, 9.17) is 9.47 Å². The van der Waals surface area contributed by atoms with E-state index >= 15 is 0 Å². The summed E-state index contributed by atoms with van der Waals surface area (Å²) in [6, 6.07) is 8.48. The number of halogens is 3. The van der Waals surface area contributed by atoms with Crippen molar-refractivity contribution in [1.29, 1.82) is 0 Å². The summed E-state index contributed by atoms with van der Waals surface area (Å²) in [5.74, 6) is -0.302. The smallest absolute Gasteiger partial charge is 0.416 e. The second-order valence-corrected chi connectivity index (χ2v) is 5.68. The van der Waals surface area contributed by atoms with Crippen molar-refractivity contribution >= 4 is 11.6 Å². The van der Waals surface area contributed by atoms with E-state index in [0.29, 0.717) is 22.7 Å². The first kappa shape index (κ1) is 17.1. The summed E-state index contributed by atoms with van der Waals surface area (Å²) in [5, 5.41) is 2.69. The highest BCUT2D eigenvalue weighted by Gasteiger charge is 2.38. The molecule has 4 nitrogen and oxygen atoms in total. The minimum atomic E-state index is -4.51. The third kappa shape index (κ3) is 3.14. The summed E-state index contributed by atoms with van der Waals surface area (Å²) in [6.07, 6.45) is -4.60. The topological polar surface area (TPSA) is 47.6 Å². The first-order chi connectivity index (χ1) is 11.8. The van der Waals surface area contributed by atoms with E-state index in [9.17, 15) is 18.0 Å². The Morgan fingerprint density at radius 3 is 2.48 bits per heavy atom. The molecule has 25 heavy (non-hydrogen) atoms. The highest BCUT2D eigenvalue weighted by Crippen LogP contribution is 2.47. The van der Waals surface area contributed by atoms with Gasteiger partial charge in [-0.3, -0.25) is 4.79 Å². The maximum atomic E-state index is 13.4. The molecule has 1 aliphatic rings. The Hall–Kier alpha value is -2.70. The number of fused-ring (bicyclic) bond motifs is 1. The highest BCUT2D eigenvalue weighted by atomic mass is 19.4. The fourth-order valence-corrected chi connectivity index (χ4v) is 3.16. The number of nitrogens with one attached hydrogen (secondary N) is 1. The molecule has 1 heterocycles. The van der Waals surface area contributed by atoms with Crippen LogP contribution in [0.25, 0.3) is 0 Å². The van der Waals surface area contributed by atoms with Crippen LogP contribution in [0.2, 0.25) is 0 Å². The van der Waals surface area contributed by atoms with Gasteiger partial charge in [-0.15, -0.1) is 0 Å². The molecule has 132 valence electrons. The number of benzene rings is 2. The zero-order valence-corrected chi connectivity index (χ0v) is 13.6. The zero-order valence-electron chi connectivity index (χ0n) is 13.6. The van der Waals surface area contributed by atoms with Crippen molar-refractivity contribution in [2.45, 2.75) is 18.5 Å². The minimum absolute atomic E-state index is 0.0505. The van der Waals surface area contributed by atoms with E-state index in [1.165, 1.54) is 32.4 Å². The summed E-state index contributed by atoms with van der Waals surface area (Å²) in [7, 11) is 2.89. The van der Waals surface area contributed by atoms with Crippen molar-refractivity contribution in [3.05, 3.63) is 53.1 Å². The first-order valence-electron chi connectivity index (χ1n) is 7.57. The van der Waals surface area contributed by atoms with Gasteiger partial charge in [-0.1, -0.05) is 18.2 Å². The summed E-state index contributed by atoms with van der Waals surface area (Å²) < 4.78 is 50.8. The van der Waals surface area contributed by atoms with Crippen LogP contribution in [0.3, 0.4) is 0 Å². The van der Waals surface area contributed by atoms with E-state index in [2.05, 4.69) is 5.32 Å². The molecular weight excluding hydrogens is 335 g/mol. The van der Waals surface area contributed by atoms with Crippen LogP contribution in [0.5, 0.6) is 11.5 Å². The van der Waals surface area contributed by atoms with Crippen molar-refractivity contribution in [3.8, 4) is 11.5 Å². The molecule has 0 bridgehead atoms. The van der Waals surface area contributed by atoms with Gasteiger partial charge in [0, 0.05) is 30.0 Å². The molecule has 1 amide bonds. The van der Waals surface area contributed by atoms with Gasteiger partial charge in [-0.25, -0.2) is 0 Å². The third-order valence-electron chi connectivity index (χ3n) is 4.22. The van der Waals surface area contributed by atoms with Gasteiger partial charge in [0.15, 0.2) is 0 Å². The van der Waals surface area contributed by atoms with Crippen LogP contribution in [-0.4, -0.2) is 20.1 Å². The molecule has 3 rings (SSSR count). The van der Waals surface area contributed by atoms with E-state index in [-0.39, 0.29) is 17.9 Å². The predicted molar refractivity (Wildman–Crippen MR) is 86.1 cm³/mol. The average Bonchev–Trinajstić information content (AvgIpc) is 2.59. The van der Waals surface area contributed by atoms with Crippen LogP contribution in [0.1, 0.15) is 29.0 Å². The Morgan fingerprint density at radius 1 is 1.12 bits per heavy atom. The molecule has 0 aromatic heterocycles. The van der Waals surface area contributed by atoms with Gasteiger partial charge < -0.3 is 14.8 Å². The predicted octanol–water partition coefficient (Wildman–Crippen LogP) is 4.20. The zero-order chi connectivity index (χ0) is 18.2. The molecule has 0 saturated heterocycles. The standard InChI is InChI=1S/C18H16F3NO3/c1-24-10-7-14-17(15(8-10)25-2)12(9-16(23)22-14)11-5-3-4-6-13(11)18(19,20)21/h3-8,12H,9H2,1-2H3,(H,22,23). The van der Waals surface area contributed by atoms with Gasteiger partial charge in [0.1, 0.15) is 11.5 Å². The van der Waals surface area contributed by atoms with Crippen LogP contribution in [0.15, 0.2) is 36.4 Å². The molecule has 2 aromatic carbocycles. The molecule has 1 N–H and O–H groups in total. The molecule has 1 atom stereocenters. The number of carbonyl (C=O) groups is 1. The molecular formula is C18H16F3NO3. The Morgan fingerprint density at radius 2 is 1.84 bits per heavy atom. The van der Waals surface area contributed by atoms with E-state index in [0.717, 1.165) is 6.07 Å². The number of hydrogen-bond donors (Lipinski definition) is 1. The van der Waals surface area contributed by atoms with Gasteiger partial charge in [-0.2, -0.15) is 13.2 Å². The van der Waals surface area contributed by atoms with Crippen molar-refractivity contribution in [1.82, 2.24) is 0 Å². The van der Waals surface area contributed by atoms with E-state index in [1.807, 2.05) is 0 Å². The fourth-order valence-electron chi connectivity index (χ4n) is 3.16. The molecule has 0 aliphatic carbocycles. The lowest BCUT2D eigenvalue weighted by atomic mass is 9.82. The highest BCUT2D eigenvalue weighted by molar-refractivity contribution is 5.96. The molecule has 1 aliphatic heterocycles. The monoisotopic (exact) mass is 351 g/mol. The van der Waals surface area contributed by atoms with Gasteiger partial charge in [0.05, 0.1) is 25.5 Å². The molecule has 0 spiro atoms. The van der Waals surface area contributed by atoms with Crippen LogP contribution in [0.4, 0.5) is 18.9 Å². The molecule has 0 fully saturated rings. The third-order valence-corrected chi connectivity index (χ3v) is 4.22. The van der Waals surface area contributed by atoms with Crippen molar-refractivity contribution < 1.29 is 27.4 Å². The first-order valence-corrected chi connectivity index (χ1v) is 7.57. The quantitative estimate of drug-likeness (QED) is 0.902. The number of anilines is 1. The number of hydrogen-bond acceptors (Lipinski definition) is 3. The van der Waals surface area contributed by atoms with Crippen molar-refractivity contribution in [2.24, 2.45) is 0 Å². The maximum Gasteiger partial charge on any atom is 0.416 e. The summed E-state index contributed by atoms with van der Waals surface area (Å²) in [6.45, 7) is 0. The molecule has 0 radical (unpaired) electrons. The van der Waals surface area contributed by atoms with E-state index < -0.39 is 17.7 Å². The number of carbonyl (C=O) groups excluding carboxylic acids is 1. The molecule has 2 aromatic rings. The lowest BCUT2D eigenvalue weighted by Crippen LogP contribution is -2.25. The Kier molecular flexibility index (Phi) is 4.32. The second kappa shape index (κ2) is 6.31. The lowest BCUT2D eigenvalue weighted by Gasteiger charge is -2.29. The number of rotatable bonds is 3. The van der Waals surface area contributed by atoms with Crippen LogP contribution in [-0.2, 0) is 11.0 Å². The largest absolute Gasteiger partial charge is 0.497 e. The van der Waals surface area contributed by atoms with Gasteiger partial charge in [0.25, 0.3) is 0 Å². The summed E-state index contributed by atoms with van der Waals surface area (Å²) in [4.78, 5) is 12.1. The van der Waals surface area contributed by atoms with Gasteiger partial charge in [-0.05, 0) is 11.6 Å². The number of amides is 1. The van der Waals surface area contributed by atoms with Crippen LogP contribution < -0.4 is 14.8 Å². The van der Waals surface area contributed by atoms with Crippen LogP contribution in [0, 0.1) is 0 Å². The summed E-state index contributed by atoms with van der Waals surface area (Å²) in [5.41, 5.74) is 0.210. The second-order valence-electron chi connectivity index (χ2n) is 5.68. The van der Waals surface area contributed by atoms with E-state index in [1.54, 1.807) is 12.1 Å². The van der Waals surface area contributed by atoms with Gasteiger partial charge in [0.2, 0.25) is 5.91 Å². The molecule has 7 heteroatoms. The number of alkyl halides is 3. The molecule has 0 saturated carbocycles. The van der Waals surface area contributed by atoms with Gasteiger partial charge >= 0.3 is 6.18 Å². The maximum absolute atomic E-state index is 13.4. The number of ether oxygens (including phenoxy) is 2. The van der Waals surface area contributed by atoms with Crippen molar-refractivity contribution in [2.75, 3.05) is 19.5 Å². The SMILES string of the molecule is COc1cc2c(c(OC)c1)C(c1ccccc1C(F)(F)F)CC(=O)N2. The Labute approximate surface area is 142 Å². The minimum Gasteiger partial charge on any atom is -0.497 e. The van der Waals surface area contributed by atoms with Crippen LogP contribution >= 0.6 is 0 Å².